The minimum Gasteiger partial charge on any atom is -0.418 e. The van der Waals surface area contributed by atoms with E-state index in [9.17, 15) is 0 Å². The van der Waals surface area contributed by atoms with E-state index in [4.69, 9.17) is 16.0 Å². The maximum Gasteiger partial charge on any atom is 0.267 e. The number of nitrogens with zero attached hydrogens (tertiary/aromatic N) is 4. The normalized spacial score (nSPS) is 10.4. The van der Waals surface area contributed by atoms with E-state index in [2.05, 4.69) is 36.1 Å². The van der Waals surface area contributed by atoms with Gasteiger partial charge in [0.2, 0.25) is 5.89 Å². The molecule has 0 radical (unpaired) electrons. The molecule has 7 heteroatoms. The molecule has 0 atom stereocenters. The summed E-state index contributed by atoms with van der Waals surface area (Å²) in [5.74, 6) is 0.878. The Kier molecular flexibility index (Phi) is 2.74. The Labute approximate surface area is 92.7 Å². The first kappa shape index (κ1) is 9.54. The predicted octanol–water partition coefficient (Wildman–Crippen LogP) is 2.03. The van der Waals surface area contributed by atoms with Crippen molar-refractivity contribution in [3.63, 3.8) is 0 Å². The van der Waals surface area contributed by atoms with Crippen LogP contribution in [0, 0.1) is 0 Å². The third-order valence-corrected chi connectivity index (χ3v) is 2.06. The van der Waals surface area contributed by atoms with Gasteiger partial charge in [-0.25, -0.2) is 9.97 Å². The Morgan fingerprint density at radius 1 is 1.29 bits per heavy atom. The molecule has 2 rings (SSSR count). The van der Waals surface area contributed by atoms with Gasteiger partial charge in [-0.15, -0.1) is 21.8 Å². The average molecular weight is 275 g/mol. The lowest BCUT2D eigenvalue weighted by Gasteiger charge is -1.92. The molecule has 0 aromatic carbocycles. The van der Waals surface area contributed by atoms with Gasteiger partial charge in [-0.3, -0.25) is 0 Å². The molecule has 72 valence electrons. The van der Waals surface area contributed by atoms with E-state index in [1.807, 2.05) is 0 Å². The standard InChI is InChI=1S/C7H4BrClN4O/c8-5-3-10-4(2-11-5)7-13-12-6(1-9)14-7/h2-3H,1H2. The molecule has 0 aliphatic heterocycles. The van der Waals surface area contributed by atoms with Gasteiger partial charge in [-0.05, 0) is 15.9 Å². The van der Waals surface area contributed by atoms with Crippen molar-refractivity contribution in [2.75, 3.05) is 0 Å². The molecule has 0 amide bonds. The minimum atomic E-state index is 0.191. The summed E-state index contributed by atoms with van der Waals surface area (Å²) in [4.78, 5) is 8.03. The highest BCUT2D eigenvalue weighted by molar-refractivity contribution is 9.10. The zero-order chi connectivity index (χ0) is 9.97. The van der Waals surface area contributed by atoms with Gasteiger partial charge < -0.3 is 4.42 Å². The zero-order valence-electron chi connectivity index (χ0n) is 6.81. The van der Waals surface area contributed by atoms with E-state index in [0.717, 1.165) is 0 Å². The van der Waals surface area contributed by atoms with Gasteiger partial charge in [-0.2, -0.15) is 0 Å². The molecule has 2 aromatic heterocycles. The third-order valence-electron chi connectivity index (χ3n) is 1.42. The molecule has 0 unspecified atom stereocenters. The van der Waals surface area contributed by atoms with Crippen LogP contribution in [-0.2, 0) is 5.88 Å². The monoisotopic (exact) mass is 274 g/mol. The van der Waals surface area contributed by atoms with Crippen molar-refractivity contribution in [1.82, 2.24) is 20.2 Å². The molecular weight excluding hydrogens is 271 g/mol. The Morgan fingerprint density at radius 3 is 2.71 bits per heavy atom. The first-order valence-electron chi connectivity index (χ1n) is 3.66. The topological polar surface area (TPSA) is 64.7 Å². The fourth-order valence-electron chi connectivity index (χ4n) is 0.834. The molecule has 0 saturated carbocycles. The molecule has 2 aromatic rings. The Bertz CT molecular complexity index is 430. The Hall–Kier alpha value is -1.01. The van der Waals surface area contributed by atoms with Crippen LogP contribution in [0.4, 0.5) is 0 Å². The van der Waals surface area contributed by atoms with Crippen LogP contribution >= 0.6 is 27.5 Å². The summed E-state index contributed by atoms with van der Waals surface area (Å²) in [6, 6.07) is 0. The van der Waals surface area contributed by atoms with E-state index in [-0.39, 0.29) is 5.88 Å². The molecular formula is C7H4BrClN4O. The molecule has 0 bridgehead atoms. The van der Waals surface area contributed by atoms with E-state index >= 15 is 0 Å². The second-order valence-corrected chi connectivity index (χ2v) is 3.44. The van der Waals surface area contributed by atoms with Crippen LogP contribution in [0.25, 0.3) is 11.6 Å². The Balaban J connectivity index is 2.34. The smallest absolute Gasteiger partial charge is 0.267 e. The van der Waals surface area contributed by atoms with Crippen molar-refractivity contribution in [1.29, 1.82) is 0 Å². The maximum absolute atomic E-state index is 5.51. The number of alkyl halides is 1. The van der Waals surface area contributed by atoms with Gasteiger partial charge in [0, 0.05) is 0 Å². The predicted molar refractivity (Wildman–Crippen MR) is 52.6 cm³/mol. The van der Waals surface area contributed by atoms with Gasteiger partial charge in [0.15, 0.2) is 0 Å². The lowest BCUT2D eigenvalue weighted by atomic mass is 10.4. The lowest BCUT2D eigenvalue weighted by Crippen LogP contribution is -1.85. The van der Waals surface area contributed by atoms with Crippen molar-refractivity contribution in [3.8, 4) is 11.6 Å². The van der Waals surface area contributed by atoms with Crippen molar-refractivity contribution in [3.05, 3.63) is 22.9 Å². The largest absolute Gasteiger partial charge is 0.418 e. The quantitative estimate of drug-likeness (QED) is 0.785. The second kappa shape index (κ2) is 4.02. The number of hydrogen-bond donors (Lipinski definition) is 0. The van der Waals surface area contributed by atoms with Crippen LogP contribution in [0.2, 0.25) is 0 Å². The molecule has 14 heavy (non-hydrogen) atoms. The van der Waals surface area contributed by atoms with E-state index < -0.39 is 0 Å². The highest BCUT2D eigenvalue weighted by Crippen LogP contribution is 2.15. The first-order valence-corrected chi connectivity index (χ1v) is 4.98. The molecule has 5 nitrogen and oxygen atoms in total. The van der Waals surface area contributed by atoms with Crippen LogP contribution in [0.15, 0.2) is 21.4 Å². The van der Waals surface area contributed by atoms with Crippen LogP contribution in [0.3, 0.4) is 0 Å². The summed E-state index contributed by atoms with van der Waals surface area (Å²) in [6.45, 7) is 0. The van der Waals surface area contributed by atoms with Crippen molar-refractivity contribution >= 4 is 27.5 Å². The van der Waals surface area contributed by atoms with E-state index in [0.29, 0.717) is 22.1 Å². The molecule has 0 fully saturated rings. The number of aromatic nitrogens is 4. The van der Waals surface area contributed by atoms with Gasteiger partial charge in [0.25, 0.3) is 5.89 Å². The lowest BCUT2D eigenvalue weighted by molar-refractivity contribution is 0.525. The minimum absolute atomic E-state index is 0.191. The summed E-state index contributed by atoms with van der Waals surface area (Å²) in [6.07, 6.45) is 3.09. The van der Waals surface area contributed by atoms with Gasteiger partial charge in [0.1, 0.15) is 16.2 Å². The zero-order valence-corrected chi connectivity index (χ0v) is 9.16. The number of hydrogen-bond acceptors (Lipinski definition) is 5. The maximum atomic E-state index is 5.51. The van der Waals surface area contributed by atoms with Crippen molar-refractivity contribution in [2.24, 2.45) is 0 Å². The summed E-state index contributed by atoms with van der Waals surface area (Å²) >= 11 is 8.69. The second-order valence-electron chi connectivity index (χ2n) is 2.36. The Morgan fingerprint density at radius 2 is 2.14 bits per heavy atom. The SMILES string of the molecule is ClCc1nnc(-c2cnc(Br)cn2)o1. The summed E-state index contributed by atoms with van der Waals surface area (Å²) in [5, 5.41) is 7.47. The molecule has 0 spiro atoms. The molecule has 0 N–H and O–H groups in total. The van der Waals surface area contributed by atoms with Crippen molar-refractivity contribution in [2.45, 2.75) is 5.88 Å². The fraction of sp³-hybridized carbons (Fsp3) is 0.143. The third kappa shape index (κ3) is 1.91. The summed E-state index contributed by atoms with van der Waals surface area (Å²) in [7, 11) is 0. The van der Waals surface area contributed by atoms with Crippen LogP contribution in [0.1, 0.15) is 5.89 Å². The van der Waals surface area contributed by atoms with Crippen LogP contribution in [-0.4, -0.2) is 20.2 Å². The van der Waals surface area contributed by atoms with E-state index in [1.165, 1.54) is 6.20 Å². The van der Waals surface area contributed by atoms with Gasteiger partial charge in [-0.1, -0.05) is 0 Å². The average Bonchev–Trinajstić information content (AvgIpc) is 2.67. The fourth-order valence-corrected chi connectivity index (χ4v) is 1.15. The van der Waals surface area contributed by atoms with Gasteiger partial charge in [0.05, 0.1) is 12.4 Å². The molecule has 0 aliphatic rings. The molecule has 0 saturated heterocycles. The van der Waals surface area contributed by atoms with Crippen LogP contribution < -0.4 is 0 Å². The van der Waals surface area contributed by atoms with Crippen LogP contribution in [0.5, 0.6) is 0 Å². The highest BCUT2D eigenvalue weighted by atomic mass is 79.9. The summed E-state index contributed by atoms with van der Waals surface area (Å²) in [5.41, 5.74) is 0.525. The van der Waals surface area contributed by atoms with Gasteiger partial charge >= 0.3 is 0 Å². The highest BCUT2D eigenvalue weighted by Gasteiger charge is 2.08. The molecule has 2 heterocycles. The van der Waals surface area contributed by atoms with Crippen molar-refractivity contribution < 1.29 is 4.42 Å². The first-order chi connectivity index (χ1) is 6.79. The number of halogens is 2. The van der Waals surface area contributed by atoms with E-state index in [1.54, 1.807) is 6.20 Å². The summed E-state index contributed by atoms with van der Waals surface area (Å²) < 4.78 is 5.84. The number of rotatable bonds is 2. The molecule has 0 aliphatic carbocycles.